The molecule has 1 aliphatic rings. The maximum atomic E-state index is 12.6. The first-order chi connectivity index (χ1) is 14.6. The molecule has 5 nitrogen and oxygen atoms in total. The Morgan fingerprint density at radius 2 is 1.42 bits per heavy atom. The monoisotopic (exact) mass is 443 g/mol. The maximum absolute atomic E-state index is 12.6. The predicted octanol–water partition coefficient (Wildman–Crippen LogP) is 6.05. The molecule has 0 spiro atoms. The van der Waals surface area contributed by atoms with Crippen LogP contribution in [0, 0.1) is 5.92 Å². The highest BCUT2D eigenvalue weighted by Crippen LogP contribution is 2.27. The van der Waals surface area contributed by atoms with Crippen LogP contribution in [0.4, 0.5) is 5.69 Å². The molecule has 1 amide bonds. The number of anilines is 1. The molecule has 1 aliphatic carbocycles. The van der Waals surface area contributed by atoms with Crippen LogP contribution < -0.4 is 9.50 Å². The first-order valence-electron chi connectivity index (χ1n) is 11.1. The van der Waals surface area contributed by atoms with Crippen molar-refractivity contribution in [3.8, 4) is 5.75 Å². The zero-order chi connectivity index (χ0) is 22.5. The second kappa shape index (κ2) is 9.86. The average molecular weight is 444 g/mol. The van der Waals surface area contributed by atoms with Gasteiger partial charge < -0.3 is 9.50 Å². The smallest absolute Gasteiger partial charge is 0.339 e. The molecule has 6 heteroatoms. The SMILES string of the molecule is CC(C)(C)c1ccc(S(=O)(=O)Oc2ccc(NC(=O)C3CCCCCCC3)cc2)cc1. The maximum Gasteiger partial charge on any atom is 0.339 e. The topological polar surface area (TPSA) is 72.5 Å². The van der Waals surface area contributed by atoms with Crippen LogP contribution in [0.2, 0.25) is 0 Å². The van der Waals surface area contributed by atoms with Gasteiger partial charge in [0.05, 0.1) is 0 Å². The van der Waals surface area contributed by atoms with Crippen LogP contribution in [0.15, 0.2) is 53.4 Å². The highest BCUT2D eigenvalue weighted by Gasteiger charge is 2.21. The van der Waals surface area contributed by atoms with Gasteiger partial charge in [-0.1, -0.05) is 65.0 Å². The number of amides is 1. The van der Waals surface area contributed by atoms with E-state index in [1.54, 1.807) is 36.4 Å². The molecule has 3 rings (SSSR count). The van der Waals surface area contributed by atoms with Gasteiger partial charge in [0, 0.05) is 11.6 Å². The van der Waals surface area contributed by atoms with Gasteiger partial charge in [0.1, 0.15) is 10.6 Å². The summed E-state index contributed by atoms with van der Waals surface area (Å²) in [5.74, 6) is 0.304. The van der Waals surface area contributed by atoms with Gasteiger partial charge in [0.2, 0.25) is 5.91 Å². The highest BCUT2D eigenvalue weighted by molar-refractivity contribution is 7.87. The molecule has 31 heavy (non-hydrogen) atoms. The van der Waals surface area contributed by atoms with E-state index in [1.807, 2.05) is 12.1 Å². The quantitative estimate of drug-likeness (QED) is 0.571. The van der Waals surface area contributed by atoms with Crippen LogP contribution >= 0.6 is 0 Å². The third kappa shape index (κ3) is 6.57. The normalized spacial score (nSPS) is 16.2. The molecule has 0 atom stereocenters. The number of carbonyl (C=O) groups excluding carboxylic acids is 1. The first-order valence-corrected chi connectivity index (χ1v) is 12.5. The van der Waals surface area contributed by atoms with Gasteiger partial charge in [-0.2, -0.15) is 8.42 Å². The van der Waals surface area contributed by atoms with Gasteiger partial charge in [-0.15, -0.1) is 0 Å². The molecule has 2 aromatic carbocycles. The highest BCUT2D eigenvalue weighted by atomic mass is 32.2. The van der Waals surface area contributed by atoms with Crippen molar-refractivity contribution in [3.05, 3.63) is 54.1 Å². The Bertz CT molecular complexity index is 966. The van der Waals surface area contributed by atoms with Crippen molar-refractivity contribution in [2.45, 2.75) is 76.0 Å². The molecule has 0 bridgehead atoms. The molecule has 0 heterocycles. The molecule has 0 aliphatic heterocycles. The molecule has 0 saturated heterocycles. The molecule has 2 aromatic rings. The van der Waals surface area contributed by atoms with Crippen LogP contribution in [-0.4, -0.2) is 14.3 Å². The summed E-state index contributed by atoms with van der Waals surface area (Å²) in [5, 5.41) is 2.96. The Labute approximate surface area is 186 Å². The fourth-order valence-corrected chi connectivity index (χ4v) is 4.78. The minimum Gasteiger partial charge on any atom is -0.379 e. The lowest BCUT2D eigenvalue weighted by atomic mass is 9.87. The Morgan fingerprint density at radius 3 is 1.97 bits per heavy atom. The second-order valence-electron chi connectivity index (χ2n) is 9.37. The van der Waals surface area contributed by atoms with E-state index in [9.17, 15) is 13.2 Å². The van der Waals surface area contributed by atoms with Gasteiger partial charge in [-0.3, -0.25) is 4.79 Å². The lowest BCUT2D eigenvalue weighted by Crippen LogP contribution is -2.23. The largest absolute Gasteiger partial charge is 0.379 e. The van der Waals surface area contributed by atoms with Crippen molar-refractivity contribution >= 4 is 21.7 Å². The summed E-state index contributed by atoms with van der Waals surface area (Å²) in [6, 6.07) is 13.2. The first kappa shape index (κ1) is 23.3. The van der Waals surface area contributed by atoms with Crippen LogP contribution in [-0.2, 0) is 20.3 Å². The van der Waals surface area contributed by atoms with E-state index in [0.29, 0.717) is 5.69 Å². The number of benzene rings is 2. The second-order valence-corrected chi connectivity index (χ2v) is 10.9. The summed E-state index contributed by atoms with van der Waals surface area (Å²) in [6.07, 6.45) is 7.71. The van der Waals surface area contributed by atoms with E-state index < -0.39 is 10.1 Å². The van der Waals surface area contributed by atoms with E-state index in [4.69, 9.17) is 4.18 Å². The standard InChI is InChI=1S/C25H33NO4S/c1-25(2,3)20-11-17-23(18-12-20)31(28,29)30-22-15-13-21(14-16-22)26-24(27)19-9-7-5-4-6-8-10-19/h11-19H,4-10H2,1-3H3,(H,26,27). The number of rotatable bonds is 5. The fourth-order valence-electron chi connectivity index (χ4n) is 3.85. The van der Waals surface area contributed by atoms with Gasteiger partial charge in [-0.25, -0.2) is 0 Å². The van der Waals surface area contributed by atoms with Gasteiger partial charge in [0.15, 0.2) is 0 Å². The van der Waals surface area contributed by atoms with Crippen molar-refractivity contribution in [1.29, 1.82) is 0 Å². The Balaban J connectivity index is 1.62. The molecule has 0 aromatic heterocycles. The number of hydrogen-bond acceptors (Lipinski definition) is 4. The number of carbonyl (C=O) groups is 1. The van der Waals surface area contributed by atoms with Crippen molar-refractivity contribution in [1.82, 2.24) is 0 Å². The minimum atomic E-state index is -3.92. The van der Waals surface area contributed by atoms with E-state index in [2.05, 4.69) is 26.1 Å². The lowest BCUT2D eigenvalue weighted by molar-refractivity contribution is -0.120. The van der Waals surface area contributed by atoms with E-state index in [1.165, 1.54) is 19.3 Å². The van der Waals surface area contributed by atoms with Crippen LogP contribution in [0.5, 0.6) is 5.75 Å². The predicted molar refractivity (Wildman–Crippen MR) is 124 cm³/mol. The van der Waals surface area contributed by atoms with Gasteiger partial charge >= 0.3 is 10.1 Å². The summed E-state index contributed by atoms with van der Waals surface area (Å²) in [4.78, 5) is 12.7. The molecule has 0 radical (unpaired) electrons. The zero-order valence-electron chi connectivity index (χ0n) is 18.7. The summed E-state index contributed by atoms with van der Waals surface area (Å²) >= 11 is 0. The molecule has 1 fully saturated rings. The van der Waals surface area contributed by atoms with Crippen molar-refractivity contribution in [2.24, 2.45) is 5.92 Å². The fraction of sp³-hybridized carbons (Fsp3) is 0.480. The Morgan fingerprint density at radius 1 is 0.871 bits per heavy atom. The van der Waals surface area contributed by atoms with Crippen molar-refractivity contribution in [2.75, 3.05) is 5.32 Å². The summed E-state index contributed by atoms with van der Waals surface area (Å²) in [6.45, 7) is 6.22. The van der Waals surface area contributed by atoms with E-state index in [0.717, 1.165) is 31.2 Å². The Kier molecular flexibility index (Phi) is 7.42. The third-order valence-corrected chi connectivity index (χ3v) is 7.07. The van der Waals surface area contributed by atoms with Gasteiger partial charge in [-0.05, 0) is 60.2 Å². The molecule has 1 saturated carbocycles. The molecular formula is C25H33NO4S. The Hall–Kier alpha value is -2.34. The molecule has 0 unspecified atom stereocenters. The lowest BCUT2D eigenvalue weighted by Gasteiger charge is -2.19. The summed E-state index contributed by atoms with van der Waals surface area (Å²) < 4.78 is 30.5. The van der Waals surface area contributed by atoms with Crippen LogP contribution in [0.25, 0.3) is 0 Å². The number of nitrogens with one attached hydrogen (secondary N) is 1. The van der Waals surface area contributed by atoms with Crippen molar-refractivity contribution < 1.29 is 17.4 Å². The van der Waals surface area contributed by atoms with Crippen molar-refractivity contribution in [3.63, 3.8) is 0 Å². The van der Waals surface area contributed by atoms with Crippen LogP contribution in [0.3, 0.4) is 0 Å². The molecule has 168 valence electrons. The summed E-state index contributed by atoms with van der Waals surface area (Å²) in [7, 11) is -3.92. The average Bonchev–Trinajstić information content (AvgIpc) is 2.68. The third-order valence-electron chi connectivity index (χ3n) is 5.81. The van der Waals surface area contributed by atoms with E-state index in [-0.39, 0.29) is 27.9 Å². The van der Waals surface area contributed by atoms with E-state index >= 15 is 0 Å². The molecule has 1 N–H and O–H groups in total. The minimum absolute atomic E-state index is 0.0436. The summed E-state index contributed by atoms with van der Waals surface area (Å²) in [5.41, 5.74) is 1.64. The van der Waals surface area contributed by atoms with Gasteiger partial charge in [0.25, 0.3) is 0 Å². The molecular weight excluding hydrogens is 410 g/mol. The number of hydrogen-bond donors (Lipinski definition) is 1. The van der Waals surface area contributed by atoms with Crippen LogP contribution in [0.1, 0.15) is 71.3 Å². The zero-order valence-corrected chi connectivity index (χ0v) is 19.5.